The van der Waals surface area contributed by atoms with Crippen molar-refractivity contribution in [3.05, 3.63) is 48.4 Å². The first-order valence-electron chi connectivity index (χ1n) is 6.04. The van der Waals surface area contributed by atoms with Crippen LogP contribution in [0.2, 0.25) is 0 Å². The number of rotatable bonds is 5. The number of nitrogens with two attached hydrogens (primary N) is 1. The highest BCUT2D eigenvalue weighted by atomic mass is 32.2. The predicted octanol–water partition coefficient (Wildman–Crippen LogP) is 2.92. The summed E-state index contributed by atoms with van der Waals surface area (Å²) in [6, 6.07) is 9.67. The molecule has 0 unspecified atom stereocenters. The van der Waals surface area contributed by atoms with Gasteiger partial charge in [-0.15, -0.1) is 11.8 Å². The summed E-state index contributed by atoms with van der Waals surface area (Å²) in [5, 5.41) is 3.37. The largest absolute Gasteiger partial charge is 0.399 e. The monoisotopic (exact) mass is 291 g/mol. The van der Waals surface area contributed by atoms with Crippen molar-refractivity contribution >= 4 is 29.0 Å². The number of nitrogen functional groups attached to an aromatic ring is 1. The number of thioether (sulfide) groups is 1. The molecule has 1 aromatic carbocycles. The van der Waals surface area contributed by atoms with Gasteiger partial charge in [-0.3, -0.25) is 4.79 Å². The number of hydrogen-bond acceptors (Lipinski definition) is 4. The number of benzene rings is 1. The van der Waals surface area contributed by atoms with E-state index in [-0.39, 0.29) is 18.0 Å². The molecule has 0 aliphatic rings. The lowest BCUT2D eigenvalue weighted by Gasteiger charge is -2.07. The zero-order valence-electron chi connectivity index (χ0n) is 10.7. The lowest BCUT2D eigenvalue weighted by Crippen LogP contribution is -2.13. The molecule has 4 nitrogen and oxygen atoms in total. The number of hydrogen-bond donors (Lipinski definition) is 2. The van der Waals surface area contributed by atoms with E-state index in [0.717, 1.165) is 5.03 Å². The zero-order valence-corrected chi connectivity index (χ0v) is 11.5. The van der Waals surface area contributed by atoms with Gasteiger partial charge in [0.15, 0.2) is 0 Å². The molecule has 1 aromatic heterocycles. The third-order valence-electron chi connectivity index (χ3n) is 2.48. The van der Waals surface area contributed by atoms with Crippen molar-refractivity contribution in [2.24, 2.45) is 0 Å². The number of pyridine rings is 1. The van der Waals surface area contributed by atoms with Crippen LogP contribution in [0.25, 0.3) is 0 Å². The summed E-state index contributed by atoms with van der Waals surface area (Å²) in [6.07, 6.45) is 1.97. The van der Waals surface area contributed by atoms with Gasteiger partial charge in [0.2, 0.25) is 5.91 Å². The highest BCUT2D eigenvalue weighted by Crippen LogP contribution is 2.19. The number of carbonyl (C=O) groups excluding carboxylic acids is 1. The van der Waals surface area contributed by atoms with Crippen LogP contribution in [0.4, 0.5) is 15.8 Å². The molecule has 0 bridgehead atoms. The molecule has 0 saturated carbocycles. The van der Waals surface area contributed by atoms with Crippen LogP contribution in [0.1, 0.15) is 6.42 Å². The Labute approximate surface area is 120 Å². The van der Waals surface area contributed by atoms with Crippen molar-refractivity contribution in [1.29, 1.82) is 0 Å². The molecule has 0 atom stereocenters. The number of aromatic nitrogens is 1. The Kier molecular flexibility index (Phi) is 4.95. The molecule has 3 N–H and O–H groups in total. The Morgan fingerprint density at radius 3 is 2.95 bits per heavy atom. The summed E-state index contributed by atoms with van der Waals surface area (Å²) in [7, 11) is 0. The van der Waals surface area contributed by atoms with Gasteiger partial charge in [0, 0.05) is 24.1 Å². The molecule has 2 rings (SSSR count). The van der Waals surface area contributed by atoms with Gasteiger partial charge >= 0.3 is 0 Å². The highest BCUT2D eigenvalue weighted by Gasteiger charge is 2.07. The molecule has 0 aliphatic carbocycles. The maximum Gasteiger partial charge on any atom is 0.225 e. The second kappa shape index (κ2) is 6.91. The maximum atomic E-state index is 13.4. The van der Waals surface area contributed by atoms with E-state index in [2.05, 4.69) is 10.3 Å². The molecule has 0 fully saturated rings. The Hall–Kier alpha value is -2.08. The second-order valence-electron chi connectivity index (χ2n) is 4.05. The van der Waals surface area contributed by atoms with E-state index in [1.807, 2.05) is 18.2 Å². The third kappa shape index (κ3) is 4.24. The van der Waals surface area contributed by atoms with Crippen molar-refractivity contribution in [3.8, 4) is 0 Å². The lowest BCUT2D eigenvalue weighted by atomic mass is 10.2. The van der Waals surface area contributed by atoms with Crippen LogP contribution in [0, 0.1) is 5.82 Å². The van der Waals surface area contributed by atoms with Gasteiger partial charge in [-0.1, -0.05) is 6.07 Å². The van der Waals surface area contributed by atoms with Gasteiger partial charge in [0.25, 0.3) is 0 Å². The summed E-state index contributed by atoms with van der Waals surface area (Å²) < 4.78 is 13.4. The van der Waals surface area contributed by atoms with Gasteiger partial charge in [-0.25, -0.2) is 9.37 Å². The molecule has 104 valence electrons. The minimum Gasteiger partial charge on any atom is -0.399 e. The van der Waals surface area contributed by atoms with Gasteiger partial charge in [0.05, 0.1) is 10.7 Å². The number of nitrogens with one attached hydrogen (secondary N) is 1. The van der Waals surface area contributed by atoms with Crippen molar-refractivity contribution in [2.75, 3.05) is 16.8 Å². The number of amides is 1. The average Bonchev–Trinajstić information content (AvgIpc) is 2.44. The first-order chi connectivity index (χ1) is 9.65. The number of anilines is 2. The summed E-state index contributed by atoms with van der Waals surface area (Å²) in [6.45, 7) is 0. The van der Waals surface area contributed by atoms with Crippen molar-refractivity contribution in [2.45, 2.75) is 11.4 Å². The predicted molar refractivity (Wildman–Crippen MR) is 79.0 cm³/mol. The van der Waals surface area contributed by atoms with Crippen LogP contribution in [-0.2, 0) is 4.79 Å². The summed E-state index contributed by atoms with van der Waals surface area (Å²) in [5.41, 5.74) is 6.07. The fourth-order valence-corrected chi connectivity index (χ4v) is 2.34. The second-order valence-corrected chi connectivity index (χ2v) is 5.17. The van der Waals surface area contributed by atoms with E-state index in [4.69, 9.17) is 5.73 Å². The van der Waals surface area contributed by atoms with Crippen molar-refractivity contribution < 1.29 is 9.18 Å². The molecule has 0 aliphatic heterocycles. The van der Waals surface area contributed by atoms with Crippen LogP contribution < -0.4 is 11.1 Å². The maximum absolute atomic E-state index is 13.4. The molecule has 20 heavy (non-hydrogen) atoms. The fourth-order valence-electron chi connectivity index (χ4n) is 1.53. The number of halogens is 1. The minimum atomic E-state index is -0.495. The molecular weight excluding hydrogens is 277 g/mol. The van der Waals surface area contributed by atoms with E-state index in [0.29, 0.717) is 11.4 Å². The first kappa shape index (κ1) is 14.3. The van der Waals surface area contributed by atoms with Crippen LogP contribution in [0.15, 0.2) is 47.6 Å². The SMILES string of the molecule is Nc1ccc(F)c(NC(=O)CCSc2ccccn2)c1. The molecule has 1 amide bonds. The minimum absolute atomic E-state index is 0.109. The van der Waals surface area contributed by atoms with Gasteiger partial charge in [0.1, 0.15) is 5.82 Å². The van der Waals surface area contributed by atoms with Gasteiger partial charge in [-0.05, 0) is 30.3 Å². The Morgan fingerprint density at radius 1 is 1.35 bits per heavy atom. The van der Waals surface area contributed by atoms with E-state index < -0.39 is 5.82 Å². The van der Waals surface area contributed by atoms with Crippen molar-refractivity contribution in [3.63, 3.8) is 0 Å². The average molecular weight is 291 g/mol. The first-order valence-corrected chi connectivity index (χ1v) is 7.02. The van der Waals surface area contributed by atoms with Crippen LogP contribution >= 0.6 is 11.8 Å². The molecule has 0 saturated heterocycles. The number of nitrogens with zero attached hydrogens (tertiary/aromatic N) is 1. The Balaban J connectivity index is 1.82. The van der Waals surface area contributed by atoms with Gasteiger partial charge in [-0.2, -0.15) is 0 Å². The molecule has 2 aromatic rings. The standard InChI is InChI=1S/C14H14FN3OS/c15-11-5-4-10(16)9-12(11)18-13(19)6-8-20-14-3-1-2-7-17-14/h1-5,7,9H,6,8,16H2,(H,18,19). The summed E-state index contributed by atoms with van der Waals surface area (Å²) >= 11 is 1.48. The normalized spacial score (nSPS) is 10.2. The topological polar surface area (TPSA) is 68.0 Å². The van der Waals surface area contributed by atoms with Gasteiger partial charge < -0.3 is 11.1 Å². The van der Waals surface area contributed by atoms with E-state index in [1.165, 1.54) is 30.0 Å². The quantitative estimate of drug-likeness (QED) is 0.656. The smallest absolute Gasteiger partial charge is 0.225 e. The molecule has 6 heteroatoms. The van der Waals surface area contributed by atoms with Crippen molar-refractivity contribution in [1.82, 2.24) is 4.98 Å². The van der Waals surface area contributed by atoms with E-state index in [1.54, 1.807) is 6.20 Å². The van der Waals surface area contributed by atoms with E-state index >= 15 is 0 Å². The molecule has 1 heterocycles. The third-order valence-corrected chi connectivity index (χ3v) is 3.43. The number of carbonyl (C=O) groups is 1. The van der Waals surface area contributed by atoms with Crippen LogP contribution in [-0.4, -0.2) is 16.6 Å². The molecule has 0 radical (unpaired) electrons. The van der Waals surface area contributed by atoms with Crippen LogP contribution in [0.3, 0.4) is 0 Å². The Morgan fingerprint density at radius 2 is 2.20 bits per heavy atom. The van der Waals surface area contributed by atoms with Crippen LogP contribution in [0.5, 0.6) is 0 Å². The summed E-state index contributed by atoms with van der Waals surface area (Å²) in [4.78, 5) is 15.9. The van der Waals surface area contributed by atoms with E-state index in [9.17, 15) is 9.18 Å². The lowest BCUT2D eigenvalue weighted by molar-refractivity contribution is -0.115. The zero-order chi connectivity index (χ0) is 14.4. The molecular formula is C14H14FN3OS. The highest BCUT2D eigenvalue weighted by molar-refractivity contribution is 7.99. The summed E-state index contributed by atoms with van der Waals surface area (Å²) in [5.74, 6) is -0.171. The Bertz CT molecular complexity index is 592. The molecule has 0 spiro atoms. The fraction of sp³-hybridized carbons (Fsp3) is 0.143.